The van der Waals surface area contributed by atoms with Gasteiger partial charge in [0.25, 0.3) is 0 Å². The molecule has 1 aliphatic heterocycles. The van der Waals surface area contributed by atoms with Gasteiger partial charge in [-0.2, -0.15) is 0 Å². The average Bonchev–Trinajstić information content (AvgIpc) is 2.86. The van der Waals surface area contributed by atoms with Crippen LogP contribution in [0.1, 0.15) is 46.1 Å². The number of carbonyl (C=O) groups excluding carboxylic acids is 1. The van der Waals surface area contributed by atoms with E-state index in [1.54, 1.807) is 6.33 Å². The number of H-pyrrole nitrogens is 1. The van der Waals surface area contributed by atoms with E-state index in [0.29, 0.717) is 0 Å². The molecule has 2 fully saturated rings. The van der Waals surface area contributed by atoms with E-state index in [1.807, 2.05) is 27.0 Å². The third-order valence-corrected chi connectivity index (χ3v) is 5.36. The summed E-state index contributed by atoms with van der Waals surface area (Å²) in [7, 11) is 0. The number of hydrogen-bond donors (Lipinski definition) is 1. The first-order valence-electron chi connectivity index (χ1n) is 9.09. The van der Waals surface area contributed by atoms with Crippen LogP contribution in [0.4, 0.5) is 5.82 Å². The van der Waals surface area contributed by atoms with Gasteiger partial charge in [-0.05, 0) is 45.6 Å². The molecule has 1 N–H and O–H groups in total. The Hall–Kier alpha value is -2.11. The van der Waals surface area contributed by atoms with Crippen LogP contribution in [-0.2, 0) is 16.0 Å². The molecule has 3 heterocycles. The average molecular weight is 342 g/mol. The normalized spacial score (nSPS) is 19.8. The maximum atomic E-state index is 12.2. The number of carbonyl (C=O) groups is 1. The number of aromatic amines is 1. The predicted molar refractivity (Wildman–Crippen MR) is 96.5 cm³/mol. The summed E-state index contributed by atoms with van der Waals surface area (Å²) >= 11 is 0. The molecule has 2 aromatic rings. The number of ether oxygens (including phenoxy) is 1. The fourth-order valence-corrected chi connectivity index (χ4v) is 4.24. The van der Waals surface area contributed by atoms with Crippen molar-refractivity contribution >= 4 is 22.8 Å². The molecule has 4 rings (SSSR count). The summed E-state index contributed by atoms with van der Waals surface area (Å²) in [6.07, 6.45) is 6.48. The number of nitrogens with zero attached hydrogens (tertiary/aromatic N) is 3. The van der Waals surface area contributed by atoms with Crippen LogP contribution in [0.3, 0.4) is 0 Å². The van der Waals surface area contributed by atoms with Gasteiger partial charge in [-0.25, -0.2) is 9.97 Å². The standard InChI is InChI=1S/C19H26N4O2/c1-5-12-8-20-15-14(12)16(22-11-21-15)23-9-19(10-23)6-13(7-19)17(24)25-18(2,3)4/h8,11,13H,5-7,9-10H2,1-4H3,(H,20,21,22). The zero-order valence-electron chi connectivity index (χ0n) is 15.4. The van der Waals surface area contributed by atoms with Crippen LogP contribution >= 0.6 is 0 Å². The molecule has 0 aromatic carbocycles. The Morgan fingerprint density at radius 2 is 2.08 bits per heavy atom. The summed E-state index contributed by atoms with van der Waals surface area (Å²) in [5.74, 6) is 1.04. The van der Waals surface area contributed by atoms with Gasteiger partial charge < -0.3 is 14.6 Å². The molecule has 1 spiro atoms. The van der Waals surface area contributed by atoms with Crippen molar-refractivity contribution in [3.05, 3.63) is 18.1 Å². The second-order valence-electron chi connectivity index (χ2n) is 8.58. The van der Waals surface area contributed by atoms with Gasteiger partial charge in [-0.15, -0.1) is 0 Å². The number of esters is 1. The number of aromatic nitrogens is 3. The van der Waals surface area contributed by atoms with Crippen LogP contribution < -0.4 is 4.90 Å². The van der Waals surface area contributed by atoms with Crippen molar-refractivity contribution in [1.82, 2.24) is 15.0 Å². The van der Waals surface area contributed by atoms with Crippen LogP contribution in [0.5, 0.6) is 0 Å². The largest absolute Gasteiger partial charge is 0.460 e. The van der Waals surface area contributed by atoms with Gasteiger partial charge in [0, 0.05) is 24.7 Å². The number of rotatable bonds is 3. The van der Waals surface area contributed by atoms with Gasteiger partial charge in [0.15, 0.2) is 0 Å². The SMILES string of the molecule is CCc1c[nH]c2ncnc(N3CC4(CC(C(=O)OC(C)(C)C)C4)C3)c12. The zero-order chi connectivity index (χ0) is 17.8. The molecule has 25 heavy (non-hydrogen) atoms. The van der Waals surface area contributed by atoms with E-state index in [4.69, 9.17) is 4.74 Å². The third kappa shape index (κ3) is 2.77. The predicted octanol–water partition coefficient (Wildman–Crippen LogP) is 3.08. The molecule has 2 aromatic heterocycles. The Morgan fingerprint density at radius 1 is 1.36 bits per heavy atom. The van der Waals surface area contributed by atoms with Crippen molar-refractivity contribution < 1.29 is 9.53 Å². The highest BCUT2D eigenvalue weighted by molar-refractivity contribution is 5.91. The smallest absolute Gasteiger partial charge is 0.309 e. The second-order valence-corrected chi connectivity index (χ2v) is 8.58. The van der Waals surface area contributed by atoms with Crippen molar-refractivity contribution in [2.75, 3.05) is 18.0 Å². The minimum Gasteiger partial charge on any atom is -0.460 e. The van der Waals surface area contributed by atoms with Crippen molar-refractivity contribution in [2.24, 2.45) is 11.3 Å². The van der Waals surface area contributed by atoms with Gasteiger partial charge in [0.2, 0.25) is 0 Å². The monoisotopic (exact) mass is 342 g/mol. The zero-order valence-corrected chi connectivity index (χ0v) is 15.4. The number of aryl methyl sites for hydroxylation is 1. The van der Waals surface area contributed by atoms with Gasteiger partial charge in [-0.1, -0.05) is 6.92 Å². The maximum absolute atomic E-state index is 12.2. The van der Waals surface area contributed by atoms with E-state index in [-0.39, 0.29) is 17.3 Å². The van der Waals surface area contributed by atoms with E-state index in [9.17, 15) is 4.79 Å². The lowest BCUT2D eigenvalue weighted by Crippen LogP contribution is -2.64. The Labute approximate surface area is 148 Å². The highest BCUT2D eigenvalue weighted by Crippen LogP contribution is 2.53. The van der Waals surface area contributed by atoms with Gasteiger partial charge in [0.05, 0.1) is 11.3 Å². The molecule has 1 saturated heterocycles. The first kappa shape index (κ1) is 16.4. The second kappa shape index (κ2) is 5.44. The highest BCUT2D eigenvalue weighted by Gasteiger charge is 2.55. The topological polar surface area (TPSA) is 71.1 Å². The minimum atomic E-state index is -0.400. The minimum absolute atomic E-state index is 0.0418. The summed E-state index contributed by atoms with van der Waals surface area (Å²) in [5, 5.41) is 1.14. The lowest BCUT2D eigenvalue weighted by molar-refractivity contribution is -0.169. The molecule has 134 valence electrons. The van der Waals surface area contributed by atoms with Gasteiger partial charge in [0.1, 0.15) is 23.4 Å². The van der Waals surface area contributed by atoms with Crippen LogP contribution in [0.15, 0.2) is 12.5 Å². The molecule has 2 aliphatic rings. The molecule has 0 amide bonds. The fourth-order valence-electron chi connectivity index (χ4n) is 4.24. The van der Waals surface area contributed by atoms with E-state index < -0.39 is 5.60 Å². The first-order chi connectivity index (χ1) is 11.8. The molecule has 1 saturated carbocycles. The van der Waals surface area contributed by atoms with Gasteiger partial charge in [-0.3, -0.25) is 4.79 Å². The molecular weight excluding hydrogens is 316 g/mol. The Kier molecular flexibility index (Phi) is 3.56. The van der Waals surface area contributed by atoms with Crippen molar-refractivity contribution in [2.45, 2.75) is 52.6 Å². The van der Waals surface area contributed by atoms with Crippen LogP contribution in [0.25, 0.3) is 11.0 Å². The Morgan fingerprint density at radius 3 is 2.72 bits per heavy atom. The number of hydrogen-bond acceptors (Lipinski definition) is 5. The molecular formula is C19H26N4O2. The lowest BCUT2D eigenvalue weighted by Gasteiger charge is -2.59. The van der Waals surface area contributed by atoms with Gasteiger partial charge >= 0.3 is 5.97 Å². The first-order valence-corrected chi connectivity index (χ1v) is 9.09. The Balaban J connectivity index is 1.42. The Bertz CT molecular complexity index is 806. The molecule has 0 unspecified atom stereocenters. The van der Waals surface area contributed by atoms with E-state index in [0.717, 1.165) is 49.2 Å². The van der Waals surface area contributed by atoms with Crippen LogP contribution in [0, 0.1) is 11.3 Å². The highest BCUT2D eigenvalue weighted by atomic mass is 16.6. The number of nitrogens with one attached hydrogen (secondary N) is 1. The summed E-state index contributed by atoms with van der Waals surface area (Å²) < 4.78 is 5.52. The summed E-state index contributed by atoms with van der Waals surface area (Å²) in [5.41, 5.74) is 2.03. The van der Waals surface area contributed by atoms with Crippen LogP contribution in [0.2, 0.25) is 0 Å². The molecule has 1 aliphatic carbocycles. The van der Waals surface area contributed by atoms with E-state index in [1.165, 1.54) is 5.56 Å². The van der Waals surface area contributed by atoms with E-state index >= 15 is 0 Å². The molecule has 6 heteroatoms. The quantitative estimate of drug-likeness (QED) is 0.868. The van der Waals surface area contributed by atoms with Crippen LogP contribution in [-0.4, -0.2) is 39.6 Å². The van der Waals surface area contributed by atoms with Crippen molar-refractivity contribution in [3.63, 3.8) is 0 Å². The lowest BCUT2D eigenvalue weighted by atomic mass is 9.57. The molecule has 6 nitrogen and oxygen atoms in total. The third-order valence-electron chi connectivity index (χ3n) is 5.36. The van der Waals surface area contributed by atoms with Crippen molar-refractivity contribution in [1.29, 1.82) is 0 Å². The van der Waals surface area contributed by atoms with Crippen molar-refractivity contribution in [3.8, 4) is 0 Å². The molecule has 0 bridgehead atoms. The molecule has 0 atom stereocenters. The summed E-state index contributed by atoms with van der Waals surface area (Å²) in [4.78, 5) is 26.6. The molecule has 0 radical (unpaired) electrons. The summed E-state index contributed by atoms with van der Waals surface area (Å²) in [6.45, 7) is 9.85. The number of fused-ring (bicyclic) bond motifs is 1. The maximum Gasteiger partial charge on any atom is 0.309 e. The van der Waals surface area contributed by atoms with E-state index in [2.05, 4.69) is 26.8 Å². The fraction of sp³-hybridized carbons (Fsp3) is 0.632. The number of anilines is 1. The summed E-state index contributed by atoms with van der Waals surface area (Å²) in [6, 6.07) is 0.